The number of fused-ring (bicyclic) bond motifs is 1. The zero-order valence-electron chi connectivity index (χ0n) is 21.2. The highest BCUT2D eigenvalue weighted by Crippen LogP contribution is 2.44. The Morgan fingerprint density at radius 1 is 0.971 bits per heavy atom. The van der Waals surface area contributed by atoms with E-state index in [9.17, 15) is 4.79 Å². The topological polar surface area (TPSA) is 66.0 Å². The SMILES string of the molecule is Cc1ccc(COC2C[C@](OCc3cccc(C)c3)(C(=O)NC3CC3)C[C@H]3OC(C)(C)O[C@@H]23)cc1. The van der Waals surface area contributed by atoms with Crippen LogP contribution in [0.5, 0.6) is 0 Å². The predicted molar refractivity (Wildman–Crippen MR) is 133 cm³/mol. The zero-order chi connectivity index (χ0) is 24.6. The molecule has 188 valence electrons. The second-order valence-corrected chi connectivity index (χ2v) is 10.9. The summed E-state index contributed by atoms with van der Waals surface area (Å²) >= 11 is 0. The minimum Gasteiger partial charge on any atom is -0.371 e. The molecule has 0 aromatic heterocycles. The number of carbonyl (C=O) groups is 1. The van der Waals surface area contributed by atoms with Crippen molar-refractivity contribution in [1.82, 2.24) is 5.32 Å². The van der Waals surface area contributed by atoms with E-state index in [1.807, 2.05) is 26.0 Å². The normalized spacial score (nSPS) is 29.5. The van der Waals surface area contributed by atoms with Gasteiger partial charge in [-0.3, -0.25) is 4.79 Å². The van der Waals surface area contributed by atoms with Crippen LogP contribution in [0.1, 0.15) is 61.8 Å². The predicted octanol–water partition coefficient (Wildman–Crippen LogP) is 4.74. The Labute approximate surface area is 208 Å². The summed E-state index contributed by atoms with van der Waals surface area (Å²) in [6.07, 6.45) is 2.03. The molecule has 1 heterocycles. The van der Waals surface area contributed by atoms with Crippen LogP contribution in [0, 0.1) is 13.8 Å². The van der Waals surface area contributed by atoms with Crippen LogP contribution in [0.2, 0.25) is 0 Å². The fraction of sp³-hybridized carbons (Fsp3) is 0.552. The summed E-state index contributed by atoms with van der Waals surface area (Å²) < 4.78 is 25.6. The molecule has 1 N–H and O–H groups in total. The molecular weight excluding hydrogens is 442 g/mol. The Bertz CT molecular complexity index is 1050. The minimum absolute atomic E-state index is 0.0663. The molecule has 6 nitrogen and oxygen atoms in total. The number of aryl methyl sites for hydroxylation is 2. The molecule has 1 aliphatic heterocycles. The molecule has 2 aromatic carbocycles. The van der Waals surface area contributed by atoms with Crippen molar-refractivity contribution in [2.24, 2.45) is 0 Å². The Morgan fingerprint density at radius 3 is 2.46 bits per heavy atom. The first-order chi connectivity index (χ1) is 16.7. The second-order valence-electron chi connectivity index (χ2n) is 10.9. The highest BCUT2D eigenvalue weighted by Gasteiger charge is 2.58. The number of nitrogens with one attached hydrogen (secondary N) is 1. The fourth-order valence-electron chi connectivity index (χ4n) is 5.16. The third-order valence-electron chi connectivity index (χ3n) is 7.16. The van der Waals surface area contributed by atoms with E-state index < -0.39 is 11.4 Å². The van der Waals surface area contributed by atoms with Crippen LogP contribution >= 0.6 is 0 Å². The molecule has 1 unspecified atom stereocenters. The van der Waals surface area contributed by atoms with Crippen molar-refractivity contribution in [1.29, 1.82) is 0 Å². The molecule has 0 radical (unpaired) electrons. The molecule has 2 aromatic rings. The number of rotatable bonds is 8. The average Bonchev–Trinajstić information content (AvgIpc) is 3.57. The molecule has 0 spiro atoms. The first-order valence-corrected chi connectivity index (χ1v) is 12.7. The Balaban J connectivity index is 1.40. The van der Waals surface area contributed by atoms with Crippen LogP contribution in [0.15, 0.2) is 48.5 Å². The molecule has 3 aliphatic rings. The van der Waals surface area contributed by atoms with E-state index in [-0.39, 0.29) is 30.3 Å². The van der Waals surface area contributed by atoms with E-state index >= 15 is 0 Å². The summed E-state index contributed by atoms with van der Waals surface area (Å²) in [5.41, 5.74) is 3.47. The lowest BCUT2D eigenvalue weighted by molar-refractivity contribution is -0.183. The van der Waals surface area contributed by atoms with E-state index in [1.54, 1.807) is 0 Å². The van der Waals surface area contributed by atoms with Gasteiger partial charge in [-0.25, -0.2) is 0 Å². The van der Waals surface area contributed by atoms with Gasteiger partial charge in [-0.05, 0) is 51.7 Å². The van der Waals surface area contributed by atoms with Gasteiger partial charge in [0.05, 0.1) is 25.4 Å². The first-order valence-electron chi connectivity index (χ1n) is 12.7. The maximum atomic E-state index is 13.7. The van der Waals surface area contributed by atoms with Crippen LogP contribution in [0.3, 0.4) is 0 Å². The van der Waals surface area contributed by atoms with Crippen molar-refractivity contribution < 1.29 is 23.7 Å². The van der Waals surface area contributed by atoms with E-state index in [2.05, 4.69) is 55.6 Å². The summed E-state index contributed by atoms with van der Waals surface area (Å²) in [6.45, 7) is 8.76. The van der Waals surface area contributed by atoms with Gasteiger partial charge in [0.25, 0.3) is 5.91 Å². The molecule has 0 bridgehead atoms. The van der Waals surface area contributed by atoms with Crippen LogP contribution in [-0.2, 0) is 37.0 Å². The van der Waals surface area contributed by atoms with Gasteiger partial charge < -0.3 is 24.3 Å². The molecule has 5 rings (SSSR count). The van der Waals surface area contributed by atoms with Gasteiger partial charge in [-0.1, -0.05) is 59.7 Å². The van der Waals surface area contributed by atoms with Crippen molar-refractivity contribution in [2.45, 2.75) is 102 Å². The third-order valence-corrected chi connectivity index (χ3v) is 7.16. The van der Waals surface area contributed by atoms with Crippen molar-refractivity contribution >= 4 is 5.91 Å². The largest absolute Gasteiger partial charge is 0.371 e. The molecule has 1 saturated heterocycles. The Hall–Kier alpha value is -2.25. The highest BCUT2D eigenvalue weighted by molar-refractivity contribution is 5.86. The van der Waals surface area contributed by atoms with Gasteiger partial charge in [0.2, 0.25) is 0 Å². The highest BCUT2D eigenvalue weighted by atomic mass is 16.8. The summed E-state index contributed by atoms with van der Waals surface area (Å²) in [5, 5.41) is 3.20. The summed E-state index contributed by atoms with van der Waals surface area (Å²) in [5.74, 6) is -0.802. The van der Waals surface area contributed by atoms with Crippen molar-refractivity contribution in [2.75, 3.05) is 0 Å². The summed E-state index contributed by atoms with van der Waals surface area (Å²) in [7, 11) is 0. The van der Waals surface area contributed by atoms with Crippen LogP contribution in [-0.4, -0.2) is 41.6 Å². The summed E-state index contributed by atoms with van der Waals surface area (Å²) in [6, 6.07) is 16.8. The lowest BCUT2D eigenvalue weighted by Gasteiger charge is -2.43. The maximum absolute atomic E-state index is 13.7. The zero-order valence-corrected chi connectivity index (χ0v) is 21.2. The van der Waals surface area contributed by atoms with Crippen molar-refractivity contribution in [3.8, 4) is 0 Å². The number of ether oxygens (including phenoxy) is 4. The van der Waals surface area contributed by atoms with Crippen LogP contribution in [0.25, 0.3) is 0 Å². The van der Waals surface area contributed by atoms with Gasteiger partial charge in [0.15, 0.2) is 11.4 Å². The standard InChI is InChI=1S/C29H37NO5/c1-19-8-10-21(11-9-19)17-32-24-15-29(27(31)30-23-12-13-23,16-25-26(24)35-28(3,4)34-25)33-18-22-7-5-6-20(2)14-22/h5-11,14,23-26H,12-13,15-18H2,1-4H3,(H,30,31)/t24?,25-,26+,29-/m1/s1. The quantitative estimate of drug-likeness (QED) is 0.593. The number of amides is 1. The first kappa shape index (κ1) is 24.4. The Morgan fingerprint density at radius 2 is 1.74 bits per heavy atom. The number of benzene rings is 2. The van der Waals surface area contributed by atoms with Crippen LogP contribution in [0.4, 0.5) is 0 Å². The Kier molecular flexibility index (Phi) is 6.75. The van der Waals surface area contributed by atoms with Crippen LogP contribution < -0.4 is 5.32 Å². The van der Waals surface area contributed by atoms with E-state index in [0.717, 1.165) is 24.0 Å². The lowest BCUT2D eigenvalue weighted by atomic mass is 9.78. The van der Waals surface area contributed by atoms with E-state index in [0.29, 0.717) is 26.1 Å². The third kappa shape index (κ3) is 5.78. The van der Waals surface area contributed by atoms with Crippen molar-refractivity contribution in [3.63, 3.8) is 0 Å². The molecule has 3 fully saturated rings. The number of hydrogen-bond acceptors (Lipinski definition) is 5. The van der Waals surface area contributed by atoms with Gasteiger partial charge in [0.1, 0.15) is 6.10 Å². The smallest absolute Gasteiger partial charge is 0.252 e. The number of hydrogen-bond donors (Lipinski definition) is 1. The molecule has 35 heavy (non-hydrogen) atoms. The fourth-order valence-corrected chi connectivity index (χ4v) is 5.16. The average molecular weight is 480 g/mol. The molecular formula is C29H37NO5. The molecule has 2 saturated carbocycles. The van der Waals surface area contributed by atoms with Crippen molar-refractivity contribution in [3.05, 3.63) is 70.8 Å². The molecule has 4 atom stereocenters. The number of carbonyl (C=O) groups excluding carboxylic acids is 1. The lowest BCUT2D eigenvalue weighted by Crippen LogP contribution is -2.60. The summed E-state index contributed by atoms with van der Waals surface area (Å²) in [4.78, 5) is 13.7. The molecule has 6 heteroatoms. The second kappa shape index (κ2) is 9.66. The van der Waals surface area contributed by atoms with Gasteiger partial charge in [-0.15, -0.1) is 0 Å². The maximum Gasteiger partial charge on any atom is 0.252 e. The van der Waals surface area contributed by atoms with Gasteiger partial charge in [-0.2, -0.15) is 0 Å². The molecule has 1 amide bonds. The van der Waals surface area contributed by atoms with Gasteiger partial charge in [0, 0.05) is 18.9 Å². The minimum atomic E-state index is -1.05. The monoisotopic (exact) mass is 479 g/mol. The van der Waals surface area contributed by atoms with E-state index in [1.165, 1.54) is 11.1 Å². The van der Waals surface area contributed by atoms with E-state index in [4.69, 9.17) is 18.9 Å². The van der Waals surface area contributed by atoms with Gasteiger partial charge >= 0.3 is 0 Å². The molecule has 2 aliphatic carbocycles.